The molecule has 2 heterocycles. The van der Waals surface area contributed by atoms with Crippen LogP contribution in [0.15, 0.2) is 29.6 Å². The number of halogens is 1. The van der Waals surface area contributed by atoms with Crippen LogP contribution in [0.1, 0.15) is 24.8 Å². The average Bonchev–Trinajstić information content (AvgIpc) is 2.97. The summed E-state index contributed by atoms with van der Waals surface area (Å²) in [5, 5.41) is 8.82. The van der Waals surface area contributed by atoms with Gasteiger partial charge in [0.15, 0.2) is 5.13 Å². The van der Waals surface area contributed by atoms with Crippen LogP contribution in [-0.2, 0) is 4.79 Å². The van der Waals surface area contributed by atoms with Gasteiger partial charge in [-0.3, -0.25) is 4.79 Å². The molecular weight excluding hydrogens is 318 g/mol. The van der Waals surface area contributed by atoms with E-state index in [0.717, 1.165) is 37.1 Å². The number of thiazole rings is 1. The van der Waals surface area contributed by atoms with Crippen molar-refractivity contribution < 1.29 is 4.79 Å². The Hall–Kier alpha value is -1.43. The Morgan fingerprint density at radius 1 is 1.32 bits per heavy atom. The van der Waals surface area contributed by atoms with Gasteiger partial charge < -0.3 is 10.6 Å². The number of carbonyl (C=O) groups is 1. The van der Waals surface area contributed by atoms with Gasteiger partial charge >= 0.3 is 0 Å². The molecule has 1 unspecified atom stereocenters. The van der Waals surface area contributed by atoms with Crippen LogP contribution in [0, 0.1) is 6.92 Å². The normalized spacial score (nSPS) is 17.6. The van der Waals surface area contributed by atoms with Gasteiger partial charge in [0.2, 0.25) is 5.91 Å². The van der Waals surface area contributed by atoms with Crippen molar-refractivity contribution in [1.29, 1.82) is 0 Å². The zero-order valence-electron chi connectivity index (χ0n) is 12.5. The topological polar surface area (TPSA) is 54.0 Å². The third-order valence-corrected chi connectivity index (χ3v) is 4.47. The van der Waals surface area contributed by atoms with E-state index in [4.69, 9.17) is 0 Å². The van der Waals surface area contributed by atoms with Gasteiger partial charge in [0.05, 0.1) is 11.7 Å². The lowest BCUT2D eigenvalue weighted by Gasteiger charge is -2.21. The first-order chi connectivity index (χ1) is 10.2. The maximum atomic E-state index is 12.2. The number of nitrogens with one attached hydrogen (secondary N) is 2. The first kappa shape index (κ1) is 16.9. The van der Waals surface area contributed by atoms with Gasteiger partial charge in [-0.1, -0.05) is 36.2 Å². The predicted octanol–water partition coefficient (Wildman–Crippen LogP) is 3.62. The molecule has 6 heteroatoms. The summed E-state index contributed by atoms with van der Waals surface area (Å²) in [6.07, 6.45) is 3.16. The second-order valence-corrected chi connectivity index (χ2v) is 6.25. The number of amides is 1. The van der Waals surface area contributed by atoms with E-state index >= 15 is 0 Å². The summed E-state index contributed by atoms with van der Waals surface area (Å²) in [5.41, 5.74) is 3.21. The van der Waals surface area contributed by atoms with Crippen molar-refractivity contribution in [2.45, 2.75) is 32.2 Å². The zero-order chi connectivity index (χ0) is 14.7. The van der Waals surface area contributed by atoms with Crippen molar-refractivity contribution in [2.24, 2.45) is 0 Å². The number of benzene rings is 1. The number of hydrogen-bond donors (Lipinski definition) is 2. The van der Waals surface area contributed by atoms with E-state index < -0.39 is 0 Å². The van der Waals surface area contributed by atoms with Crippen molar-refractivity contribution in [3.63, 3.8) is 0 Å². The van der Waals surface area contributed by atoms with E-state index in [2.05, 4.69) is 46.8 Å². The van der Waals surface area contributed by atoms with Crippen molar-refractivity contribution in [3.8, 4) is 11.3 Å². The molecule has 1 aliphatic rings. The van der Waals surface area contributed by atoms with Gasteiger partial charge in [-0.15, -0.1) is 23.7 Å². The highest BCUT2D eigenvalue weighted by Crippen LogP contribution is 2.25. The third kappa shape index (κ3) is 4.06. The Morgan fingerprint density at radius 2 is 2.09 bits per heavy atom. The van der Waals surface area contributed by atoms with Crippen molar-refractivity contribution in [1.82, 2.24) is 10.3 Å². The van der Waals surface area contributed by atoms with E-state index in [1.807, 2.05) is 5.38 Å². The van der Waals surface area contributed by atoms with Crippen LogP contribution in [0.3, 0.4) is 0 Å². The highest BCUT2D eigenvalue weighted by atomic mass is 35.5. The summed E-state index contributed by atoms with van der Waals surface area (Å²) in [7, 11) is 0. The van der Waals surface area contributed by atoms with Gasteiger partial charge in [0.1, 0.15) is 0 Å². The molecule has 1 aliphatic heterocycles. The maximum absolute atomic E-state index is 12.2. The van der Waals surface area contributed by atoms with Crippen LogP contribution in [0.25, 0.3) is 11.3 Å². The van der Waals surface area contributed by atoms with Crippen LogP contribution < -0.4 is 10.6 Å². The van der Waals surface area contributed by atoms with Crippen LogP contribution in [0.5, 0.6) is 0 Å². The minimum absolute atomic E-state index is 0. The molecule has 4 nitrogen and oxygen atoms in total. The molecule has 1 aromatic carbocycles. The fraction of sp³-hybridized carbons (Fsp3) is 0.375. The SMILES string of the molecule is Cc1ccc(-c2csc(NC(=O)C3CCCCN3)n2)cc1.Cl. The summed E-state index contributed by atoms with van der Waals surface area (Å²) in [6, 6.07) is 8.17. The average molecular weight is 338 g/mol. The lowest BCUT2D eigenvalue weighted by molar-refractivity contribution is -0.118. The van der Waals surface area contributed by atoms with E-state index in [1.54, 1.807) is 0 Å². The lowest BCUT2D eigenvalue weighted by atomic mass is 10.0. The van der Waals surface area contributed by atoms with Gasteiger partial charge in [0.25, 0.3) is 0 Å². The summed E-state index contributed by atoms with van der Waals surface area (Å²) >= 11 is 1.47. The molecule has 2 N–H and O–H groups in total. The smallest absolute Gasteiger partial charge is 0.243 e. The number of rotatable bonds is 3. The molecule has 0 bridgehead atoms. The lowest BCUT2D eigenvalue weighted by Crippen LogP contribution is -2.43. The minimum Gasteiger partial charge on any atom is -0.306 e. The fourth-order valence-electron chi connectivity index (χ4n) is 2.46. The standard InChI is InChI=1S/C16H19N3OS.ClH/c1-11-5-7-12(8-6-11)14-10-21-16(18-14)19-15(20)13-4-2-3-9-17-13;/h5-8,10,13,17H,2-4,9H2,1H3,(H,18,19,20);1H. The summed E-state index contributed by atoms with van der Waals surface area (Å²) in [4.78, 5) is 16.7. The Balaban J connectivity index is 0.00000176. The molecule has 0 aliphatic carbocycles. The van der Waals surface area contributed by atoms with Gasteiger partial charge in [0, 0.05) is 10.9 Å². The number of piperidine rings is 1. The predicted molar refractivity (Wildman–Crippen MR) is 93.8 cm³/mol. The highest BCUT2D eigenvalue weighted by Gasteiger charge is 2.21. The van der Waals surface area contributed by atoms with E-state index in [0.29, 0.717) is 5.13 Å². The number of anilines is 1. The molecule has 2 aromatic rings. The number of nitrogens with zero attached hydrogens (tertiary/aromatic N) is 1. The Kier molecular flexibility index (Phi) is 5.94. The largest absolute Gasteiger partial charge is 0.306 e. The molecule has 0 spiro atoms. The molecule has 118 valence electrons. The van der Waals surface area contributed by atoms with Crippen molar-refractivity contribution in [3.05, 3.63) is 35.2 Å². The van der Waals surface area contributed by atoms with Crippen molar-refractivity contribution in [2.75, 3.05) is 11.9 Å². The van der Waals surface area contributed by atoms with E-state index in [9.17, 15) is 4.79 Å². The Labute approximate surface area is 140 Å². The Bertz CT molecular complexity index is 621. The number of aryl methyl sites for hydroxylation is 1. The summed E-state index contributed by atoms with van der Waals surface area (Å²) in [6.45, 7) is 2.98. The van der Waals surface area contributed by atoms with Gasteiger partial charge in [-0.05, 0) is 26.3 Å². The molecule has 1 fully saturated rings. The summed E-state index contributed by atoms with van der Waals surface area (Å²) < 4.78 is 0. The summed E-state index contributed by atoms with van der Waals surface area (Å²) in [5.74, 6) is 0.0273. The molecule has 1 aromatic heterocycles. The molecule has 22 heavy (non-hydrogen) atoms. The van der Waals surface area contributed by atoms with Crippen LogP contribution >= 0.6 is 23.7 Å². The van der Waals surface area contributed by atoms with Gasteiger partial charge in [-0.2, -0.15) is 0 Å². The molecule has 1 saturated heterocycles. The Morgan fingerprint density at radius 3 is 2.77 bits per heavy atom. The quantitative estimate of drug-likeness (QED) is 0.899. The first-order valence-electron chi connectivity index (χ1n) is 7.29. The van der Waals surface area contributed by atoms with Gasteiger partial charge in [-0.25, -0.2) is 4.98 Å². The van der Waals surface area contributed by atoms with E-state index in [-0.39, 0.29) is 24.4 Å². The van der Waals surface area contributed by atoms with Crippen LogP contribution in [0.4, 0.5) is 5.13 Å². The third-order valence-electron chi connectivity index (χ3n) is 3.71. The minimum atomic E-state index is -0.0783. The number of hydrogen-bond acceptors (Lipinski definition) is 4. The maximum Gasteiger partial charge on any atom is 0.243 e. The first-order valence-corrected chi connectivity index (χ1v) is 8.17. The monoisotopic (exact) mass is 337 g/mol. The number of carbonyl (C=O) groups excluding carboxylic acids is 1. The molecule has 1 amide bonds. The zero-order valence-corrected chi connectivity index (χ0v) is 14.1. The second-order valence-electron chi connectivity index (χ2n) is 5.40. The molecular formula is C16H20ClN3OS. The molecule has 3 rings (SSSR count). The fourth-order valence-corrected chi connectivity index (χ4v) is 3.18. The second kappa shape index (κ2) is 7.72. The van der Waals surface area contributed by atoms with Crippen LogP contribution in [-0.4, -0.2) is 23.5 Å². The number of aromatic nitrogens is 1. The van der Waals surface area contributed by atoms with Crippen LogP contribution in [0.2, 0.25) is 0 Å². The molecule has 1 atom stereocenters. The molecule has 0 radical (unpaired) electrons. The van der Waals surface area contributed by atoms with E-state index in [1.165, 1.54) is 16.9 Å². The van der Waals surface area contributed by atoms with Crippen molar-refractivity contribution >= 4 is 34.8 Å². The molecule has 0 saturated carbocycles. The highest BCUT2D eigenvalue weighted by molar-refractivity contribution is 7.14.